The molecule has 0 unspecified atom stereocenters. The topological polar surface area (TPSA) is 49.4 Å². The molecule has 1 N–H and O–H groups in total. The van der Waals surface area contributed by atoms with E-state index in [2.05, 4.69) is 26.1 Å². The molecule has 2 aromatic carbocycles. The van der Waals surface area contributed by atoms with E-state index in [9.17, 15) is 9.59 Å². The Kier molecular flexibility index (Phi) is 6.11. The summed E-state index contributed by atoms with van der Waals surface area (Å²) in [5.41, 5.74) is 5.16. The maximum atomic E-state index is 12.8. The molecule has 2 aromatic rings. The van der Waals surface area contributed by atoms with E-state index in [1.54, 1.807) is 0 Å². The van der Waals surface area contributed by atoms with Crippen molar-refractivity contribution in [3.05, 3.63) is 64.7 Å². The molecule has 1 heterocycles. The number of carbonyl (C=O) groups is 2. The van der Waals surface area contributed by atoms with Crippen LogP contribution in [0.25, 0.3) is 0 Å². The van der Waals surface area contributed by atoms with Crippen molar-refractivity contribution in [2.45, 2.75) is 52.9 Å². The summed E-state index contributed by atoms with van der Waals surface area (Å²) in [6.45, 7) is 11.8. The molecule has 0 aliphatic carbocycles. The number of amides is 2. The maximum absolute atomic E-state index is 12.8. The normalized spacial score (nSPS) is 15.3. The smallest absolute Gasteiger partial charge is 0.253 e. The first-order valence-corrected chi connectivity index (χ1v) is 10.4. The Bertz CT molecular complexity index is 886. The van der Waals surface area contributed by atoms with Gasteiger partial charge in [-0.05, 0) is 67.0 Å². The van der Waals surface area contributed by atoms with E-state index in [0.29, 0.717) is 25.9 Å². The van der Waals surface area contributed by atoms with Crippen LogP contribution in [0, 0.1) is 19.8 Å². The summed E-state index contributed by atoms with van der Waals surface area (Å²) in [6, 6.07) is 13.9. The molecular weight excluding hydrogens is 360 g/mol. The molecular formula is C25H32N2O2. The van der Waals surface area contributed by atoms with Gasteiger partial charge >= 0.3 is 0 Å². The van der Waals surface area contributed by atoms with Gasteiger partial charge in [0.2, 0.25) is 5.91 Å². The Morgan fingerprint density at radius 1 is 0.966 bits per heavy atom. The molecule has 154 valence electrons. The van der Waals surface area contributed by atoms with E-state index in [1.807, 2.05) is 61.2 Å². The summed E-state index contributed by atoms with van der Waals surface area (Å²) in [7, 11) is 0. The van der Waals surface area contributed by atoms with Crippen molar-refractivity contribution in [2.75, 3.05) is 18.4 Å². The third kappa shape index (κ3) is 4.87. The number of anilines is 1. The van der Waals surface area contributed by atoms with Gasteiger partial charge < -0.3 is 10.2 Å². The molecule has 3 rings (SSSR count). The van der Waals surface area contributed by atoms with Crippen LogP contribution in [-0.2, 0) is 10.2 Å². The lowest BCUT2D eigenvalue weighted by atomic mass is 9.86. The Morgan fingerprint density at radius 2 is 1.59 bits per heavy atom. The van der Waals surface area contributed by atoms with Crippen molar-refractivity contribution in [2.24, 2.45) is 5.92 Å². The standard InChI is InChI=1S/C25H32N2O2/c1-17-7-6-8-22(18(17)2)26-23(28)19-13-15-27(16-14-19)24(29)20-9-11-21(12-10-20)25(3,4)5/h6-12,19H,13-16H2,1-5H3,(H,26,28). The van der Waals surface area contributed by atoms with E-state index in [1.165, 1.54) is 11.1 Å². The largest absolute Gasteiger partial charge is 0.339 e. The second-order valence-corrected chi connectivity index (χ2v) is 9.13. The minimum atomic E-state index is -0.0535. The van der Waals surface area contributed by atoms with Gasteiger partial charge in [0.05, 0.1) is 0 Å². The highest BCUT2D eigenvalue weighted by Crippen LogP contribution is 2.25. The Labute approximate surface area is 174 Å². The van der Waals surface area contributed by atoms with E-state index < -0.39 is 0 Å². The zero-order valence-corrected chi connectivity index (χ0v) is 18.2. The molecule has 1 fully saturated rings. The van der Waals surface area contributed by atoms with Crippen molar-refractivity contribution in [1.29, 1.82) is 0 Å². The number of piperidine rings is 1. The minimum Gasteiger partial charge on any atom is -0.339 e. The van der Waals surface area contributed by atoms with Crippen molar-refractivity contribution < 1.29 is 9.59 Å². The maximum Gasteiger partial charge on any atom is 0.253 e. The highest BCUT2D eigenvalue weighted by atomic mass is 16.2. The molecule has 29 heavy (non-hydrogen) atoms. The fourth-order valence-electron chi connectivity index (χ4n) is 3.76. The van der Waals surface area contributed by atoms with Gasteiger partial charge in [-0.3, -0.25) is 9.59 Å². The minimum absolute atomic E-state index is 0.0535. The van der Waals surface area contributed by atoms with Crippen LogP contribution in [0.2, 0.25) is 0 Å². The number of benzene rings is 2. The van der Waals surface area contributed by atoms with Crippen molar-refractivity contribution in [3.63, 3.8) is 0 Å². The predicted octanol–water partition coefficient (Wildman–Crippen LogP) is 5.09. The fourth-order valence-corrected chi connectivity index (χ4v) is 3.76. The van der Waals surface area contributed by atoms with Crippen LogP contribution in [0.5, 0.6) is 0 Å². The lowest BCUT2D eigenvalue weighted by Gasteiger charge is -2.31. The van der Waals surface area contributed by atoms with Gasteiger partial charge in [0.25, 0.3) is 5.91 Å². The van der Waals surface area contributed by atoms with Gasteiger partial charge in [-0.25, -0.2) is 0 Å². The van der Waals surface area contributed by atoms with E-state index in [-0.39, 0.29) is 23.1 Å². The molecule has 4 nitrogen and oxygen atoms in total. The molecule has 0 bridgehead atoms. The SMILES string of the molecule is Cc1cccc(NC(=O)C2CCN(C(=O)c3ccc(C(C)(C)C)cc3)CC2)c1C. The van der Waals surface area contributed by atoms with Crippen LogP contribution in [0.1, 0.15) is 60.7 Å². The van der Waals surface area contributed by atoms with Crippen LogP contribution in [0.3, 0.4) is 0 Å². The predicted molar refractivity (Wildman–Crippen MR) is 118 cm³/mol. The lowest BCUT2D eigenvalue weighted by Crippen LogP contribution is -2.41. The highest BCUT2D eigenvalue weighted by molar-refractivity contribution is 5.95. The molecule has 1 aliphatic rings. The molecule has 0 aromatic heterocycles. The highest BCUT2D eigenvalue weighted by Gasteiger charge is 2.28. The Hall–Kier alpha value is -2.62. The molecule has 2 amide bonds. The summed E-state index contributed by atoms with van der Waals surface area (Å²) in [4.78, 5) is 27.4. The molecule has 0 saturated carbocycles. The number of rotatable bonds is 3. The molecule has 4 heteroatoms. The number of aryl methyl sites for hydroxylation is 1. The van der Waals surface area contributed by atoms with Crippen molar-refractivity contribution in [3.8, 4) is 0 Å². The van der Waals surface area contributed by atoms with Gasteiger partial charge in [-0.15, -0.1) is 0 Å². The molecule has 0 atom stereocenters. The first kappa shape index (κ1) is 21.1. The van der Waals surface area contributed by atoms with E-state index in [0.717, 1.165) is 16.8 Å². The summed E-state index contributed by atoms with van der Waals surface area (Å²) in [5, 5.41) is 3.07. The zero-order valence-electron chi connectivity index (χ0n) is 18.2. The number of hydrogen-bond donors (Lipinski definition) is 1. The second kappa shape index (κ2) is 8.40. The van der Waals surface area contributed by atoms with Gasteiger partial charge in [0.1, 0.15) is 0 Å². The molecule has 1 saturated heterocycles. The second-order valence-electron chi connectivity index (χ2n) is 9.13. The van der Waals surface area contributed by atoms with Crippen molar-refractivity contribution >= 4 is 17.5 Å². The number of hydrogen-bond acceptors (Lipinski definition) is 2. The quantitative estimate of drug-likeness (QED) is 0.791. The van der Waals surface area contributed by atoms with Crippen LogP contribution in [0.4, 0.5) is 5.69 Å². The number of likely N-dealkylation sites (tertiary alicyclic amines) is 1. The van der Waals surface area contributed by atoms with Gasteiger partial charge in [-0.2, -0.15) is 0 Å². The zero-order chi connectivity index (χ0) is 21.2. The fraction of sp³-hybridized carbons (Fsp3) is 0.440. The Balaban J connectivity index is 1.57. The lowest BCUT2D eigenvalue weighted by molar-refractivity contribution is -0.121. The number of carbonyl (C=O) groups excluding carboxylic acids is 2. The average molecular weight is 393 g/mol. The third-order valence-electron chi connectivity index (χ3n) is 6.01. The van der Waals surface area contributed by atoms with Crippen molar-refractivity contribution in [1.82, 2.24) is 4.90 Å². The number of nitrogens with one attached hydrogen (secondary N) is 1. The van der Waals surface area contributed by atoms with E-state index >= 15 is 0 Å². The van der Waals surface area contributed by atoms with Crippen LogP contribution in [-0.4, -0.2) is 29.8 Å². The third-order valence-corrected chi connectivity index (χ3v) is 6.01. The summed E-state index contributed by atoms with van der Waals surface area (Å²) in [5.74, 6) is 0.0569. The Morgan fingerprint density at radius 3 is 2.17 bits per heavy atom. The van der Waals surface area contributed by atoms with Gasteiger partial charge in [0, 0.05) is 30.3 Å². The summed E-state index contributed by atoms with van der Waals surface area (Å²) >= 11 is 0. The summed E-state index contributed by atoms with van der Waals surface area (Å²) < 4.78 is 0. The average Bonchev–Trinajstić information content (AvgIpc) is 2.70. The molecule has 0 spiro atoms. The summed E-state index contributed by atoms with van der Waals surface area (Å²) in [6.07, 6.45) is 1.39. The van der Waals surface area contributed by atoms with Crippen LogP contribution in [0.15, 0.2) is 42.5 Å². The monoisotopic (exact) mass is 392 g/mol. The van der Waals surface area contributed by atoms with Gasteiger partial charge in [0.15, 0.2) is 0 Å². The van der Waals surface area contributed by atoms with E-state index in [4.69, 9.17) is 0 Å². The molecule has 0 radical (unpaired) electrons. The first-order valence-electron chi connectivity index (χ1n) is 10.4. The van der Waals surface area contributed by atoms with Gasteiger partial charge in [-0.1, -0.05) is 45.0 Å². The van der Waals surface area contributed by atoms with Crippen LogP contribution >= 0.6 is 0 Å². The number of nitrogens with zero attached hydrogens (tertiary/aromatic N) is 1. The molecule has 1 aliphatic heterocycles. The van der Waals surface area contributed by atoms with Crippen LogP contribution < -0.4 is 5.32 Å². The first-order chi connectivity index (χ1) is 13.7.